The van der Waals surface area contributed by atoms with Crippen LogP contribution in [0.3, 0.4) is 0 Å². The van der Waals surface area contributed by atoms with Gasteiger partial charge in [-0.1, -0.05) is 20.8 Å². The molecule has 0 amide bonds. The smallest absolute Gasteiger partial charge is 0.00926 e. The van der Waals surface area contributed by atoms with Crippen LogP contribution >= 0.6 is 0 Å². The molecule has 0 bridgehead atoms. The third-order valence-corrected chi connectivity index (χ3v) is 6.42. The van der Waals surface area contributed by atoms with E-state index in [1.54, 1.807) is 0 Å². The van der Waals surface area contributed by atoms with Crippen molar-refractivity contribution in [2.24, 2.45) is 11.3 Å². The number of hydrogen-bond donors (Lipinski definition) is 1. The molecule has 1 atom stereocenters. The molecule has 1 unspecified atom stereocenters. The number of rotatable bonds is 8. The Balaban J connectivity index is 1.64. The molecular formula is C20H40N2. The van der Waals surface area contributed by atoms with E-state index < -0.39 is 0 Å². The number of nitrogens with zero attached hydrogens (tertiary/aromatic N) is 1. The van der Waals surface area contributed by atoms with E-state index in [0.717, 1.165) is 23.4 Å². The van der Waals surface area contributed by atoms with Crippen molar-refractivity contribution >= 4 is 0 Å². The molecule has 2 aliphatic rings. The van der Waals surface area contributed by atoms with E-state index >= 15 is 0 Å². The molecule has 2 aliphatic carbocycles. The van der Waals surface area contributed by atoms with Gasteiger partial charge in [-0.3, -0.25) is 0 Å². The monoisotopic (exact) mass is 308 g/mol. The van der Waals surface area contributed by atoms with Gasteiger partial charge in [0.2, 0.25) is 0 Å². The summed E-state index contributed by atoms with van der Waals surface area (Å²) in [7, 11) is 2.36. The Labute approximate surface area is 139 Å². The van der Waals surface area contributed by atoms with E-state index in [1.165, 1.54) is 64.3 Å². The van der Waals surface area contributed by atoms with Gasteiger partial charge in [0, 0.05) is 18.1 Å². The van der Waals surface area contributed by atoms with Crippen LogP contribution in [0.2, 0.25) is 0 Å². The molecule has 0 aromatic heterocycles. The average Bonchev–Trinajstić information content (AvgIpc) is 2.45. The van der Waals surface area contributed by atoms with Gasteiger partial charge in [-0.05, 0) is 89.6 Å². The van der Waals surface area contributed by atoms with Crippen LogP contribution in [-0.4, -0.2) is 36.6 Å². The Hall–Kier alpha value is -0.0800. The molecule has 0 aromatic carbocycles. The molecule has 2 fully saturated rings. The summed E-state index contributed by atoms with van der Waals surface area (Å²) in [6, 6.07) is 2.38. The Kier molecular flexibility index (Phi) is 6.76. The van der Waals surface area contributed by atoms with Crippen LogP contribution < -0.4 is 5.32 Å². The van der Waals surface area contributed by atoms with Gasteiger partial charge in [0.1, 0.15) is 0 Å². The average molecular weight is 309 g/mol. The summed E-state index contributed by atoms with van der Waals surface area (Å²) in [5.74, 6) is 0.855. The van der Waals surface area contributed by atoms with Crippen molar-refractivity contribution in [3.05, 3.63) is 0 Å². The minimum Gasteiger partial charge on any atom is -0.311 e. The Morgan fingerprint density at radius 2 is 1.77 bits per heavy atom. The maximum atomic E-state index is 3.80. The van der Waals surface area contributed by atoms with Crippen LogP contribution in [0, 0.1) is 11.3 Å². The second-order valence-electron chi connectivity index (χ2n) is 8.83. The van der Waals surface area contributed by atoms with Crippen LogP contribution in [0.4, 0.5) is 0 Å². The fourth-order valence-corrected chi connectivity index (χ4v) is 4.62. The van der Waals surface area contributed by atoms with Gasteiger partial charge in [0.25, 0.3) is 0 Å². The van der Waals surface area contributed by atoms with E-state index in [2.05, 4.69) is 45.0 Å². The van der Waals surface area contributed by atoms with Crippen LogP contribution in [0.25, 0.3) is 0 Å². The second kappa shape index (κ2) is 8.15. The summed E-state index contributed by atoms with van der Waals surface area (Å²) in [5, 5.41) is 3.80. The van der Waals surface area contributed by atoms with Crippen molar-refractivity contribution in [3.8, 4) is 0 Å². The first kappa shape index (κ1) is 18.3. The van der Waals surface area contributed by atoms with Gasteiger partial charge in [0.15, 0.2) is 0 Å². The van der Waals surface area contributed by atoms with Gasteiger partial charge < -0.3 is 10.2 Å². The molecule has 22 heavy (non-hydrogen) atoms. The lowest BCUT2D eigenvalue weighted by atomic mass is 9.57. The van der Waals surface area contributed by atoms with Crippen molar-refractivity contribution < 1.29 is 0 Å². The Morgan fingerprint density at radius 1 is 1.14 bits per heavy atom. The zero-order valence-electron chi connectivity index (χ0n) is 15.8. The zero-order chi connectivity index (χ0) is 16.2. The van der Waals surface area contributed by atoms with Crippen LogP contribution in [0.15, 0.2) is 0 Å². The fraction of sp³-hybridized carbons (Fsp3) is 1.00. The van der Waals surface area contributed by atoms with Crippen LogP contribution in [-0.2, 0) is 0 Å². The highest BCUT2D eigenvalue weighted by Gasteiger charge is 2.46. The van der Waals surface area contributed by atoms with Crippen molar-refractivity contribution in [1.82, 2.24) is 10.2 Å². The highest BCUT2D eigenvalue weighted by atomic mass is 15.1. The maximum absolute atomic E-state index is 3.80. The van der Waals surface area contributed by atoms with Crippen molar-refractivity contribution in [2.45, 2.75) is 104 Å². The summed E-state index contributed by atoms with van der Waals surface area (Å²) in [4.78, 5) is 2.66. The first-order chi connectivity index (χ1) is 10.4. The summed E-state index contributed by atoms with van der Waals surface area (Å²) >= 11 is 0. The molecule has 2 rings (SSSR count). The van der Waals surface area contributed by atoms with Crippen molar-refractivity contribution in [1.29, 1.82) is 0 Å². The lowest BCUT2D eigenvalue weighted by molar-refractivity contribution is 0.00702. The third kappa shape index (κ3) is 4.96. The molecule has 130 valence electrons. The normalized spacial score (nSPS) is 33.4. The van der Waals surface area contributed by atoms with Crippen molar-refractivity contribution in [2.75, 3.05) is 13.6 Å². The highest BCUT2D eigenvalue weighted by Crippen LogP contribution is 2.52. The topological polar surface area (TPSA) is 15.3 Å². The van der Waals surface area contributed by atoms with E-state index in [0.29, 0.717) is 6.04 Å². The van der Waals surface area contributed by atoms with Crippen molar-refractivity contribution in [3.63, 3.8) is 0 Å². The van der Waals surface area contributed by atoms with E-state index in [1.807, 2.05) is 0 Å². The summed E-state index contributed by atoms with van der Waals surface area (Å²) in [5.41, 5.74) is 0.723. The first-order valence-electron chi connectivity index (χ1n) is 9.90. The number of nitrogens with one attached hydrogen (secondary N) is 1. The molecule has 1 N–H and O–H groups in total. The zero-order valence-corrected chi connectivity index (χ0v) is 15.8. The molecule has 2 heteroatoms. The quantitative estimate of drug-likeness (QED) is 0.690. The van der Waals surface area contributed by atoms with Gasteiger partial charge in [-0.2, -0.15) is 0 Å². The van der Waals surface area contributed by atoms with Gasteiger partial charge >= 0.3 is 0 Å². The molecule has 0 radical (unpaired) electrons. The van der Waals surface area contributed by atoms with E-state index in [-0.39, 0.29) is 0 Å². The largest absolute Gasteiger partial charge is 0.311 e. The molecular weight excluding hydrogens is 268 g/mol. The molecule has 0 aliphatic heterocycles. The standard InChI is InChI=1S/C20H40N2/c1-6-17(4)21-18-14-20(15-18)11-9-19(10-12-20)22(5)13-7-8-16(2)3/h16-19,21H,6-15H2,1-5H3. The van der Waals surface area contributed by atoms with Gasteiger partial charge in [-0.15, -0.1) is 0 Å². The second-order valence-corrected chi connectivity index (χ2v) is 8.83. The molecule has 0 aromatic rings. The minimum atomic E-state index is 0.700. The summed E-state index contributed by atoms with van der Waals surface area (Å²) < 4.78 is 0. The first-order valence-corrected chi connectivity index (χ1v) is 9.90. The SMILES string of the molecule is CCC(C)NC1CC2(CCC(N(C)CCCC(C)C)CC2)C1. The summed E-state index contributed by atoms with van der Waals surface area (Å²) in [6.07, 6.45) is 12.7. The molecule has 2 nitrogen and oxygen atoms in total. The lowest BCUT2D eigenvalue weighted by Gasteiger charge is -2.53. The maximum Gasteiger partial charge on any atom is 0.00926 e. The number of hydrogen-bond acceptors (Lipinski definition) is 2. The van der Waals surface area contributed by atoms with Crippen LogP contribution in [0.1, 0.15) is 85.5 Å². The fourth-order valence-electron chi connectivity index (χ4n) is 4.62. The molecule has 0 saturated heterocycles. The lowest BCUT2D eigenvalue weighted by Crippen LogP contribution is -2.53. The molecule has 0 heterocycles. The van der Waals surface area contributed by atoms with E-state index in [9.17, 15) is 0 Å². The summed E-state index contributed by atoms with van der Waals surface area (Å²) in [6.45, 7) is 10.6. The van der Waals surface area contributed by atoms with Gasteiger partial charge in [0.05, 0.1) is 0 Å². The molecule has 2 saturated carbocycles. The minimum absolute atomic E-state index is 0.700. The van der Waals surface area contributed by atoms with Gasteiger partial charge in [-0.25, -0.2) is 0 Å². The Bertz CT molecular complexity index is 310. The van der Waals surface area contributed by atoms with Crippen LogP contribution in [0.5, 0.6) is 0 Å². The molecule has 1 spiro atoms. The predicted octanol–water partition coefficient (Wildman–Crippen LogP) is 4.83. The third-order valence-electron chi connectivity index (χ3n) is 6.42. The van der Waals surface area contributed by atoms with E-state index in [4.69, 9.17) is 0 Å². The highest BCUT2D eigenvalue weighted by molar-refractivity contribution is 5.01. The Morgan fingerprint density at radius 3 is 2.32 bits per heavy atom. The predicted molar refractivity (Wildman–Crippen MR) is 97.3 cm³/mol.